The van der Waals surface area contributed by atoms with Crippen molar-refractivity contribution in [2.45, 2.75) is 12.3 Å². The van der Waals surface area contributed by atoms with Crippen LogP contribution in [0.4, 0.5) is 11.8 Å². The molecule has 3 unspecified atom stereocenters. The molecule has 3 heterocycles. The van der Waals surface area contributed by atoms with E-state index in [2.05, 4.69) is 15.0 Å². The van der Waals surface area contributed by atoms with Gasteiger partial charge in [-0.3, -0.25) is 4.57 Å². The smallest absolute Gasteiger partial charge is 0.330 e. The number of hydrogen-bond donors (Lipinski definition) is 3. The molecule has 0 aliphatic carbocycles. The quantitative estimate of drug-likeness (QED) is 0.654. The minimum atomic E-state index is -1.87. The summed E-state index contributed by atoms with van der Waals surface area (Å²) in [6.07, 6.45) is 0.448. The number of hydrogen-bond acceptors (Lipinski definition) is 9. The number of fused-ring (bicyclic) bond motifs is 1. The van der Waals surface area contributed by atoms with Gasteiger partial charge in [-0.25, -0.2) is 4.98 Å². The molecule has 0 bridgehead atoms. The van der Waals surface area contributed by atoms with Gasteiger partial charge in [0, 0.05) is 7.11 Å². The second-order valence-electron chi connectivity index (χ2n) is 4.09. The average molecular weight is 300 g/mol. The summed E-state index contributed by atoms with van der Waals surface area (Å²) in [6.45, 7) is 0.205. The summed E-state index contributed by atoms with van der Waals surface area (Å²) >= 11 is 0. The van der Waals surface area contributed by atoms with Gasteiger partial charge in [0.2, 0.25) is 5.95 Å². The van der Waals surface area contributed by atoms with Crippen LogP contribution in [0, 0.1) is 0 Å². The Balaban J connectivity index is 2.04. The van der Waals surface area contributed by atoms with Crippen LogP contribution in [0.2, 0.25) is 0 Å². The molecule has 108 valence electrons. The fourth-order valence-electron chi connectivity index (χ4n) is 2.03. The normalized spacial score (nSPS) is 24.3. The molecule has 20 heavy (non-hydrogen) atoms. The van der Waals surface area contributed by atoms with E-state index in [0.29, 0.717) is 11.2 Å². The molecule has 0 aromatic carbocycles. The second-order valence-corrected chi connectivity index (χ2v) is 5.04. The first-order chi connectivity index (χ1) is 9.60. The first kappa shape index (κ1) is 13.4. The van der Waals surface area contributed by atoms with Crippen LogP contribution in [-0.4, -0.2) is 44.2 Å². The lowest BCUT2D eigenvalue weighted by molar-refractivity contribution is -0.0357. The van der Waals surface area contributed by atoms with Gasteiger partial charge in [-0.1, -0.05) is 0 Å². The molecule has 2 aromatic rings. The van der Waals surface area contributed by atoms with Gasteiger partial charge in [0.25, 0.3) is 0 Å². The summed E-state index contributed by atoms with van der Waals surface area (Å²) in [4.78, 5) is 21.4. The molecular weight excluding hydrogens is 287 g/mol. The predicted molar refractivity (Wildman–Crippen MR) is 70.2 cm³/mol. The number of rotatable bonds is 3. The largest absolute Gasteiger partial charge is 0.382 e. The summed E-state index contributed by atoms with van der Waals surface area (Å²) in [5.41, 5.74) is 12.2. The number of ether oxygens (including phenoxy) is 1. The Labute approximate surface area is 114 Å². The van der Waals surface area contributed by atoms with Gasteiger partial charge in [-0.05, 0) is 0 Å². The molecule has 1 fully saturated rings. The number of nitrogens with two attached hydrogens (primary N) is 2. The fourth-order valence-corrected chi connectivity index (χ4v) is 2.77. The van der Waals surface area contributed by atoms with Crippen LogP contribution >= 0.6 is 8.60 Å². The maximum absolute atomic E-state index is 9.32. The molecule has 10 nitrogen and oxygen atoms in total. The third-order valence-electron chi connectivity index (χ3n) is 2.87. The summed E-state index contributed by atoms with van der Waals surface area (Å²) in [5, 5.41) is 0. The topological polar surface area (TPSA) is 144 Å². The zero-order chi connectivity index (χ0) is 14.3. The minimum absolute atomic E-state index is 0.0413. The van der Waals surface area contributed by atoms with Crippen LogP contribution in [0.1, 0.15) is 6.23 Å². The molecule has 5 N–H and O–H groups in total. The van der Waals surface area contributed by atoms with Gasteiger partial charge < -0.3 is 30.1 Å². The lowest BCUT2D eigenvalue weighted by Gasteiger charge is -2.21. The van der Waals surface area contributed by atoms with Gasteiger partial charge in [0.05, 0.1) is 12.9 Å². The Bertz CT molecular complexity index is 636. The standard InChI is InChI=1S/C9H13N6O4P/c1-17-8(4-2-18-20(16)19-4)15-3-12-5-6(10)13-9(11)14-7(5)15/h3-4,8,16H,2H2,1H3,(H4,10,11,13,14). The first-order valence-electron chi connectivity index (χ1n) is 5.67. The molecule has 1 aliphatic rings. The molecule has 0 spiro atoms. The molecule has 11 heteroatoms. The molecule has 3 rings (SSSR count). The van der Waals surface area contributed by atoms with Crippen LogP contribution in [0.15, 0.2) is 6.33 Å². The van der Waals surface area contributed by atoms with E-state index in [1.54, 1.807) is 4.57 Å². The number of anilines is 2. The zero-order valence-corrected chi connectivity index (χ0v) is 11.4. The zero-order valence-electron chi connectivity index (χ0n) is 10.5. The first-order valence-corrected chi connectivity index (χ1v) is 6.80. The lowest BCUT2D eigenvalue weighted by atomic mass is 10.3. The van der Waals surface area contributed by atoms with E-state index < -0.39 is 20.9 Å². The number of imidazole rings is 1. The number of methoxy groups -OCH3 is 1. The fraction of sp³-hybridized carbons (Fsp3) is 0.444. The number of aromatic nitrogens is 4. The highest BCUT2D eigenvalue weighted by Crippen LogP contribution is 2.44. The van der Waals surface area contributed by atoms with Crippen LogP contribution < -0.4 is 11.5 Å². The van der Waals surface area contributed by atoms with Crippen molar-refractivity contribution in [1.82, 2.24) is 19.5 Å². The molecule has 3 atom stereocenters. The van der Waals surface area contributed by atoms with E-state index in [-0.39, 0.29) is 18.4 Å². The second kappa shape index (κ2) is 5.08. The molecule has 1 saturated heterocycles. The Morgan fingerprint density at radius 1 is 1.55 bits per heavy atom. The Kier molecular flexibility index (Phi) is 3.40. The third-order valence-corrected chi connectivity index (χ3v) is 3.70. The van der Waals surface area contributed by atoms with Crippen LogP contribution in [-0.2, 0) is 13.8 Å². The van der Waals surface area contributed by atoms with Gasteiger partial charge in [0.15, 0.2) is 17.7 Å². The monoisotopic (exact) mass is 300 g/mol. The van der Waals surface area contributed by atoms with Crippen LogP contribution in [0.3, 0.4) is 0 Å². The van der Waals surface area contributed by atoms with E-state index in [0.717, 1.165) is 0 Å². The minimum Gasteiger partial charge on any atom is -0.382 e. The number of nitrogens with zero attached hydrogens (tertiary/aromatic N) is 4. The van der Waals surface area contributed by atoms with Crippen molar-refractivity contribution in [3.8, 4) is 0 Å². The van der Waals surface area contributed by atoms with E-state index in [9.17, 15) is 4.89 Å². The number of nitrogen functional groups attached to an aromatic ring is 2. The maximum atomic E-state index is 9.32. The average Bonchev–Trinajstić information content (AvgIpc) is 2.99. The van der Waals surface area contributed by atoms with Crippen molar-refractivity contribution in [2.75, 3.05) is 25.2 Å². The van der Waals surface area contributed by atoms with E-state index >= 15 is 0 Å². The van der Waals surface area contributed by atoms with E-state index in [1.807, 2.05) is 0 Å². The van der Waals surface area contributed by atoms with Crippen molar-refractivity contribution in [3.05, 3.63) is 6.33 Å². The third kappa shape index (κ3) is 2.17. The summed E-state index contributed by atoms with van der Waals surface area (Å²) in [7, 11) is -0.364. The molecular formula is C9H13N6O4P. The van der Waals surface area contributed by atoms with Gasteiger partial charge in [-0.2, -0.15) is 9.97 Å². The Hall–Kier alpha value is -1.58. The van der Waals surface area contributed by atoms with Gasteiger partial charge >= 0.3 is 8.60 Å². The summed E-state index contributed by atoms with van der Waals surface area (Å²) in [6, 6.07) is 0. The van der Waals surface area contributed by atoms with Crippen LogP contribution in [0.5, 0.6) is 0 Å². The van der Waals surface area contributed by atoms with E-state index in [1.165, 1.54) is 13.4 Å². The van der Waals surface area contributed by atoms with Gasteiger partial charge in [0.1, 0.15) is 11.6 Å². The van der Waals surface area contributed by atoms with Crippen molar-refractivity contribution in [2.24, 2.45) is 0 Å². The van der Waals surface area contributed by atoms with Crippen molar-refractivity contribution in [3.63, 3.8) is 0 Å². The SMILES string of the molecule is COC(C1COP(O)O1)n1cnc2c(N)nc(N)nc21. The maximum Gasteiger partial charge on any atom is 0.330 e. The van der Waals surface area contributed by atoms with Crippen molar-refractivity contribution >= 4 is 31.5 Å². The predicted octanol–water partition coefficient (Wildman–Crippen LogP) is -0.230. The molecule has 0 saturated carbocycles. The highest BCUT2D eigenvalue weighted by molar-refractivity contribution is 7.40. The molecule has 2 aromatic heterocycles. The Morgan fingerprint density at radius 2 is 2.35 bits per heavy atom. The van der Waals surface area contributed by atoms with Crippen molar-refractivity contribution < 1.29 is 18.7 Å². The highest BCUT2D eigenvalue weighted by atomic mass is 31.2. The highest BCUT2D eigenvalue weighted by Gasteiger charge is 2.35. The molecule has 1 aliphatic heterocycles. The molecule has 0 amide bonds. The van der Waals surface area contributed by atoms with E-state index in [4.69, 9.17) is 25.3 Å². The lowest BCUT2D eigenvalue weighted by Crippen LogP contribution is -2.27. The van der Waals surface area contributed by atoms with Crippen LogP contribution in [0.25, 0.3) is 11.2 Å². The summed E-state index contributed by atoms with van der Waals surface area (Å²) < 4.78 is 17.3. The summed E-state index contributed by atoms with van der Waals surface area (Å²) in [5.74, 6) is 0.230. The molecule has 0 radical (unpaired) electrons. The van der Waals surface area contributed by atoms with Gasteiger partial charge in [-0.15, -0.1) is 0 Å². The van der Waals surface area contributed by atoms with Crippen molar-refractivity contribution in [1.29, 1.82) is 0 Å². The Morgan fingerprint density at radius 3 is 3.00 bits per heavy atom.